The minimum atomic E-state index is -0.719. The predicted octanol–water partition coefficient (Wildman–Crippen LogP) is 2.74. The summed E-state index contributed by atoms with van der Waals surface area (Å²) in [4.78, 5) is 26.2. The first-order valence-electron chi connectivity index (χ1n) is 9.34. The van der Waals surface area contributed by atoms with Gasteiger partial charge in [-0.15, -0.1) is 0 Å². The van der Waals surface area contributed by atoms with Crippen LogP contribution < -0.4 is 9.64 Å². The van der Waals surface area contributed by atoms with Gasteiger partial charge in [-0.1, -0.05) is 12.1 Å². The van der Waals surface area contributed by atoms with Gasteiger partial charge in [0, 0.05) is 5.69 Å². The number of aliphatic hydroxyl groups excluding tert-OH is 1. The van der Waals surface area contributed by atoms with Gasteiger partial charge in [0.15, 0.2) is 0 Å². The summed E-state index contributed by atoms with van der Waals surface area (Å²) in [6.45, 7) is 4.28. The van der Waals surface area contributed by atoms with Gasteiger partial charge in [-0.3, -0.25) is 14.3 Å². The molecule has 29 heavy (non-hydrogen) atoms. The molecule has 4 rings (SSSR count). The van der Waals surface area contributed by atoms with E-state index in [0.29, 0.717) is 29.1 Å². The summed E-state index contributed by atoms with van der Waals surface area (Å²) in [5.41, 5.74) is 3.17. The first-order chi connectivity index (χ1) is 13.9. The molecule has 1 aromatic heterocycles. The van der Waals surface area contributed by atoms with E-state index in [-0.39, 0.29) is 18.4 Å². The average Bonchev–Trinajstić information content (AvgIpc) is 3.16. The van der Waals surface area contributed by atoms with Crippen LogP contribution in [-0.4, -0.2) is 39.4 Å². The zero-order valence-corrected chi connectivity index (χ0v) is 16.2. The molecule has 3 aromatic rings. The second-order valence-corrected chi connectivity index (χ2v) is 7.06. The first kappa shape index (κ1) is 18.9. The van der Waals surface area contributed by atoms with Crippen molar-refractivity contribution in [3.8, 4) is 5.75 Å². The third kappa shape index (κ3) is 3.64. The number of carbonyl (C=O) groups excluding carboxylic acids is 2. The van der Waals surface area contributed by atoms with Gasteiger partial charge in [0.25, 0.3) is 11.8 Å². The van der Waals surface area contributed by atoms with Crippen LogP contribution in [0.25, 0.3) is 0 Å². The topological polar surface area (TPSA) is 84.7 Å². The lowest BCUT2D eigenvalue weighted by Gasteiger charge is -2.16. The molecular formula is C22H21N3O4. The van der Waals surface area contributed by atoms with Gasteiger partial charge in [-0.05, 0) is 56.3 Å². The molecule has 7 heteroatoms. The number of aromatic nitrogens is 2. The van der Waals surface area contributed by atoms with Crippen molar-refractivity contribution in [3.63, 3.8) is 0 Å². The number of aliphatic hydroxyl groups is 1. The smallest absolute Gasteiger partial charge is 0.266 e. The SMILES string of the molecule is Cc1cc(C)n(CC(O)COc2ccc(N3C(=O)c4ccccc4C3=O)cc2)n1. The van der Waals surface area contributed by atoms with Gasteiger partial charge in [0.1, 0.15) is 18.5 Å². The summed E-state index contributed by atoms with van der Waals surface area (Å²) in [6.07, 6.45) is -0.719. The maximum atomic E-state index is 12.5. The van der Waals surface area contributed by atoms with Crippen molar-refractivity contribution in [1.29, 1.82) is 0 Å². The standard InChI is InChI=1S/C22H21N3O4/c1-14-11-15(2)24(23-14)12-17(26)13-29-18-9-7-16(8-10-18)25-21(27)19-5-3-4-6-20(19)22(25)28/h3-11,17,26H,12-13H2,1-2H3. The van der Waals surface area contributed by atoms with Crippen LogP contribution in [0.5, 0.6) is 5.75 Å². The molecule has 0 spiro atoms. The van der Waals surface area contributed by atoms with E-state index in [1.54, 1.807) is 53.2 Å². The summed E-state index contributed by atoms with van der Waals surface area (Å²) < 4.78 is 7.39. The lowest BCUT2D eigenvalue weighted by molar-refractivity contribution is 0.0887. The maximum absolute atomic E-state index is 12.5. The monoisotopic (exact) mass is 391 g/mol. The van der Waals surface area contributed by atoms with Crippen LogP contribution in [0, 0.1) is 13.8 Å². The van der Waals surface area contributed by atoms with Gasteiger partial charge >= 0.3 is 0 Å². The molecule has 2 heterocycles. The number of aryl methyl sites for hydroxylation is 2. The van der Waals surface area contributed by atoms with Crippen molar-refractivity contribution in [2.45, 2.75) is 26.5 Å². The van der Waals surface area contributed by atoms with E-state index >= 15 is 0 Å². The lowest BCUT2D eigenvalue weighted by Crippen LogP contribution is -2.29. The van der Waals surface area contributed by atoms with E-state index in [0.717, 1.165) is 16.3 Å². The Labute approximate surface area is 168 Å². The summed E-state index contributed by atoms with van der Waals surface area (Å²) in [5, 5.41) is 14.5. The van der Waals surface area contributed by atoms with Crippen LogP contribution in [0.1, 0.15) is 32.1 Å². The molecule has 1 aliphatic rings. The highest BCUT2D eigenvalue weighted by Gasteiger charge is 2.36. The number of nitrogens with zero attached hydrogens (tertiary/aromatic N) is 3. The number of anilines is 1. The number of imide groups is 1. The van der Waals surface area contributed by atoms with E-state index < -0.39 is 6.10 Å². The normalized spacial score (nSPS) is 14.2. The Morgan fingerprint density at radius 3 is 2.17 bits per heavy atom. The highest BCUT2D eigenvalue weighted by molar-refractivity contribution is 6.34. The van der Waals surface area contributed by atoms with Gasteiger partial charge in [-0.2, -0.15) is 5.10 Å². The van der Waals surface area contributed by atoms with E-state index in [1.807, 2.05) is 19.9 Å². The van der Waals surface area contributed by atoms with Crippen LogP contribution in [0.4, 0.5) is 5.69 Å². The Bertz CT molecular complexity index is 1040. The summed E-state index contributed by atoms with van der Waals surface area (Å²) in [5.74, 6) is -0.128. The van der Waals surface area contributed by atoms with Gasteiger partial charge < -0.3 is 9.84 Å². The average molecular weight is 391 g/mol. The van der Waals surface area contributed by atoms with Crippen molar-refractivity contribution >= 4 is 17.5 Å². The highest BCUT2D eigenvalue weighted by Crippen LogP contribution is 2.29. The fourth-order valence-electron chi connectivity index (χ4n) is 3.42. The first-order valence-corrected chi connectivity index (χ1v) is 9.34. The molecule has 2 amide bonds. The minimum Gasteiger partial charge on any atom is -0.491 e. The molecule has 0 radical (unpaired) electrons. The van der Waals surface area contributed by atoms with E-state index in [1.165, 1.54) is 0 Å². The Hall–Kier alpha value is -3.45. The molecule has 0 aliphatic carbocycles. The number of benzene rings is 2. The van der Waals surface area contributed by atoms with E-state index in [4.69, 9.17) is 4.74 Å². The Balaban J connectivity index is 1.39. The van der Waals surface area contributed by atoms with Crippen molar-refractivity contribution in [1.82, 2.24) is 9.78 Å². The lowest BCUT2D eigenvalue weighted by atomic mass is 10.1. The number of carbonyl (C=O) groups is 2. The molecule has 0 fully saturated rings. The zero-order chi connectivity index (χ0) is 20.5. The number of ether oxygens (including phenoxy) is 1. The minimum absolute atomic E-state index is 0.102. The Kier molecular flexibility index (Phi) is 4.90. The Morgan fingerprint density at radius 1 is 1.00 bits per heavy atom. The third-order valence-electron chi connectivity index (χ3n) is 4.82. The van der Waals surface area contributed by atoms with Gasteiger partial charge in [0.05, 0.1) is 29.1 Å². The van der Waals surface area contributed by atoms with E-state index in [9.17, 15) is 14.7 Å². The van der Waals surface area contributed by atoms with Crippen molar-refractivity contribution < 1.29 is 19.4 Å². The molecule has 0 saturated heterocycles. The number of hydrogen-bond acceptors (Lipinski definition) is 5. The summed E-state index contributed by atoms with van der Waals surface area (Å²) >= 11 is 0. The van der Waals surface area contributed by atoms with Crippen LogP contribution >= 0.6 is 0 Å². The third-order valence-corrected chi connectivity index (χ3v) is 4.82. The molecular weight excluding hydrogens is 370 g/mol. The predicted molar refractivity (Wildman–Crippen MR) is 107 cm³/mol. The molecule has 1 unspecified atom stereocenters. The number of rotatable bonds is 6. The highest BCUT2D eigenvalue weighted by atomic mass is 16.5. The second-order valence-electron chi connectivity index (χ2n) is 7.06. The molecule has 0 bridgehead atoms. The molecule has 1 N–H and O–H groups in total. The zero-order valence-electron chi connectivity index (χ0n) is 16.2. The van der Waals surface area contributed by atoms with Crippen molar-refractivity contribution in [2.24, 2.45) is 0 Å². The maximum Gasteiger partial charge on any atom is 0.266 e. The Morgan fingerprint density at radius 2 is 1.62 bits per heavy atom. The molecule has 1 aliphatic heterocycles. The van der Waals surface area contributed by atoms with Crippen molar-refractivity contribution in [3.05, 3.63) is 77.1 Å². The molecule has 1 atom stereocenters. The molecule has 2 aromatic carbocycles. The largest absolute Gasteiger partial charge is 0.491 e. The quantitative estimate of drug-likeness (QED) is 0.653. The van der Waals surface area contributed by atoms with E-state index in [2.05, 4.69) is 5.10 Å². The van der Waals surface area contributed by atoms with Gasteiger partial charge in [0.2, 0.25) is 0 Å². The fourth-order valence-corrected chi connectivity index (χ4v) is 3.42. The summed E-state index contributed by atoms with van der Waals surface area (Å²) in [6, 6.07) is 15.4. The molecule has 7 nitrogen and oxygen atoms in total. The van der Waals surface area contributed by atoms with Crippen molar-refractivity contribution in [2.75, 3.05) is 11.5 Å². The summed E-state index contributed by atoms with van der Waals surface area (Å²) in [7, 11) is 0. The van der Waals surface area contributed by atoms with Crippen LogP contribution in [-0.2, 0) is 6.54 Å². The van der Waals surface area contributed by atoms with Crippen LogP contribution in [0.3, 0.4) is 0 Å². The molecule has 0 saturated carbocycles. The fraction of sp³-hybridized carbons (Fsp3) is 0.227. The van der Waals surface area contributed by atoms with Crippen LogP contribution in [0.15, 0.2) is 54.6 Å². The van der Waals surface area contributed by atoms with Crippen LogP contribution in [0.2, 0.25) is 0 Å². The number of fused-ring (bicyclic) bond motifs is 1. The van der Waals surface area contributed by atoms with Gasteiger partial charge in [-0.25, -0.2) is 4.90 Å². The second kappa shape index (κ2) is 7.52. The molecule has 148 valence electrons. The number of amides is 2. The number of hydrogen-bond donors (Lipinski definition) is 1.